The summed E-state index contributed by atoms with van der Waals surface area (Å²) < 4.78 is 27.6. The zero-order valence-electron chi connectivity index (χ0n) is 10.7. The van der Waals surface area contributed by atoms with E-state index in [2.05, 4.69) is 5.32 Å². The highest BCUT2D eigenvalue weighted by atomic mass is 32.2. The van der Waals surface area contributed by atoms with Crippen LogP contribution in [-0.4, -0.2) is 68.8 Å². The molecule has 1 aliphatic rings. The third-order valence-corrected chi connectivity index (χ3v) is 5.84. The summed E-state index contributed by atoms with van der Waals surface area (Å²) in [4.78, 5) is 0. The predicted molar refractivity (Wildman–Crippen MR) is 73.6 cm³/mol. The van der Waals surface area contributed by atoms with Gasteiger partial charge < -0.3 is 5.32 Å². The van der Waals surface area contributed by atoms with Crippen LogP contribution in [0.25, 0.3) is 0 Å². The topological polar surface area (TPSA) is 52.7 Å². The number of hydrogen-bond acceptors (Lipinski definition) is 4. The lowest BCUT2D eigenvalue weighted by molar-refractivity contribution is 0.369. The van der Waals surface area contributed by atoms with Gasteiger partial charge in [0.15, 0.2) is 0 Å². The maximum atomic E-state index is 12.3. The molecule has 7 heteroatoms. The summed E-state index contributed by atoms with van der Waals surface area (Å²) in [5.74, 6) is 1.97. The highest BCUT2D eigenvalue weighted by Gasteiger charge is 2.26. The standard InChI is InChI=1S/C10H23N3O2S2/c1-11-5-3-6-12(2)17(14,15)13-7-4-9-16-10-8-13/h11H,3-10H2,1-2H3. The molecule has 0 unspecified atom stereocenters. The Labute approximate surface area is 109 Å². The average Bonchev–Trinajstić information content (AvgIpc) is 2.58. The summed E-state index contributed by atoms with van der Waals surface area (Å²) in [6.45, 7) is 2.72. The molecule has 17 heavy (non-hydrogen) atoms. The number of nitrogens with one attached hydrogen (secondary N) is 1. The van der Waals surface area contributed by atoms with Gasteiger partial charge in [-0.25, -0.2) is 0 Å². The summed E-state index contributed by atoms with van der Waals surface area (Å²) in [7, 11) is 0.305. The van der Waals surface area contributed by atoms with Gasteiger partial charge in [-0.15, -0.1) is 0 Å². The first kappa shape index (κ1) is 15.2. The van der Waals surface area contributed by atoms with Crippen LogP contribution in [0.2, 0.25) is 0 Å². The number of nitrogens with zero attached hydrogens (tertiary/aromatic N) is 2. The zero-order valence-corrected chi connectivity index (χ0v) is 12.3. The Balaban J connectivity index is 2.52. The molecule has 0 amide bonds. The molecule has 1 saturated heterocycles. The van der Waals surface area contributed by atoms with Crippen LogP contribution in [0.3, 0.4) is 0 Å². The van der Waals surface area contributed by atoms with E-state index in [1.54, 1.807) is 11.4 Å². The van der Waals surface area contributed by atoms with Crippen LogP contribution in [0.1, 0.15) is 12.8 Å². The van der Waals surface area contributed by atoms with Crippen molar-refractivity contribution in [3.05, 3.63) is 0 Å². The van der Waals surface area contributed by atoms with Crippen LogP contribution < -0.4 is 5.32 Å². The van der Waals surface area contributed by atoms with Crippen LogP contribution in [0.15, 0.2) is 0 Å². The van der Waals surface area contributed by atoms with E-state index in [0.29, 0.717) is 19.6 Å². The van der Waals surface area contributed by atoms with Crippen LogP contribution in [0.5, 0.6) is 0 Å². The normalized spacial score (nSPS) is 19.5. The number of rotatable bonds is 6. The molecule has 1 aliphatic heterocycles. The second-order valence-corrected chi connectivity index (χ2v) is 7.41. The first-order valence-corrected chi connectivity index (χ1v) is 8.58. The smallest absolute Gasteiger partial charge is 0.281 e. The van der Waals surface area contributed by atoms with Gasteiger partial charge >= 0.3 is 0 Å². The molecule has 0 aliphatic carbocycles. The molecule has 0 aromatic rings. The van der Waals surface area contributed by atoms with E-state index in [-0.39, 0.29) is 0 Å². The molecule has 0 aromatic carbocycles. The Morgan fingerprint density at radius 1 is 1.35 bits per heavy atom. The zero-order chi connectivity index (χ0) is 12.7. The fourth-order valence-corrected chi connectivity index (χ4v) is 4.18. The summed E-state index contributed by atoms with van der Waals surface area (Å²) >= 11 is 1.83. The van der Waals surface area contributed by atoms with E-state index in [1.165, 1.54) is 4.31 Å². The van der Waals surface area contributed by atoms with Crippen molar-refractivity contribution in [1.29, 1.82) is 0 Å². The molecule has 0 aromatic heterocycles. The molecule has 1 fully saturated rings. The van der Waals surface area contributed by atoms with E-state index in [0.717, 1.165) is 30.9 Å². The van der Waals surface area contributed by atoms with Gasteiger partial charge in [-0.3, -0.25) is 0 Å². The molecule has 0 bridgehead atoms. The average molecular weight is 281 g/mol. The fourth-order valence-electron chi connectivity index (χ4n) is 1.74. The minimum absolute atomic E-state index is 0.576. The summed E-state index contributed by atoms with van der Waals surface area (Å²) in [6.07, 6.45) is 1.79. The lowest BCUT2D eigenvalue weighted by Crippen LogP contribution is -2.43. The quantitative estimate of drug-likeness (QED) is 0.707. The van der Waals surface area contributed by atoms with Crippen molar-refractivity contribution in [2.45, 2.75) is 12.8 Å². The first-order valence-electron chi connectivity index (χ1n) is 6.03. The van der Waals surface area contributed by atoms with Gasteiger partial charge in [0.25, 0.3) is 10.2 Å². The van der Waals surface area contributed by atoms with Crippen LogP contribution in [-0.2, 0) is 10.2 Å². The van der Waals surface area contributed by atoms with Gasteiger partial charge in [0.05, 0.1) is 0 Å². The van der Waals surface area contributed by atoms with E-state index < -0.39 is 10.2 Å². The van der Waals surface area contributed by atoms with Crippen molar-refractivity contribution in [2.24, 2.45) is 0 Å². The maximum absolute atomic E-state index is 12.3. The fraction of sp³-hybridized carbons (Fsp3) is 1.00. The van der Waals surface area contributed by atoms with Crippen LogP contribution in [0, 0.1) is 0 Å². The van der Waals surface area contributed by atoms with Crippen molar-refractivity contribution >= 4 is 22.0 Å². The molecule has 102 valence electrons. The molecule has 5 nitrogen and oxygen atoms in total. The minimum atomic E-state index is -3.24. The van der Waals surface area contributed by atoms with Gasteiger partial charge in [0.1, 0.15) is 0 Å². The third kappa shape index (κ3) is 4.75. The molecule has 1 N–H and O–H groups in total. The van der Waals surface area contributed by atoms with Crippen molar-refractivity contribution in [3.63, 3.8) is 0 Å². The Morgan fingerprint density at radius 3 is 2.82 bits per heavy atom. The van der Waals surface area contributed by atoms with Gasteiger partial charge in [-0.1, -0.05) is 0 Å². The molecule has 1 heterocycles. The maximum Gasteiger partial charge on any atom is 0.281 e. The summed E-state index contributed by atoms with van der Waals surface area (Å²) in [6, 6.07) is 0. The van der Waals surface area contributed by atoms with Crippen molar-refractivity contribution in [3.8, 4) is 0 Å². The highest BCUT2D eigenvalue weighted by Crippen LogP contribution is 2.15. The Kier molecular flexibility index (Phi) is 6.79. The van der Waals surface area contributed by atoms with Crippen molar-refractivity contribution in [1.82, 2.24) is 13.9 Å². The van der Waals surface area contributed by atoms with Crippen molar-refractivity contribution < 1.29 is 8.42 Å². The first-order chi connectivity index (χ1) is 8.09. The summed E-state index contributed by atoms with van der Waals surface area (Å²) in [5, 5.41) is 3.03. The van der Waals surface area contributed by atoms with Crippen LogP contribution >= 0.6 is 11.8 Å². The van der Waals surface area contributed by atoms with Crippen molar-refractivity contribution in [2.75, 3.05) is 51.8 Å². The van der Waals surface area contributed by atoms with Gasteiger partial charge in [0, 0.05) is 32.4 Å². The largest absolute Gasteiger partial charge is 0.320 e. The number of hydrogen-bond donors (Lipinski definition) is 1. The lowest BCUT2D eigenvalue weighted by atomic mass is 10.4. The molecule has 0 saturated carbocycles. The highest BCUT2D eigenvalue weighted by molar-refractivity contribution is 7.99. The van der Waals surface area contributed by atoms with E-state index in [4.69, 9.17) is 0 Å². The Bertz CT molecular complexity index is 301. The van der Waals surface area contributed by atoms with E-state index >= 15 is 0 Å². The summed E-state index contributed by atoms with van der Waals surface area (Å²) in [5.41, 5.74) is 0. The number of thioether (sulfide) groups is 1. The predicted octanol–water partition coefficient (Wildman–Crippen LogP) is 0.211. The molecular formula is C10H23N3O2S2. The monoisotopic (exact) mass is 281 g/mol. The minimum Gasteiger partial charge on any atom is -0.320 e. The molecule has 0 atom stereocenters. The Morgan fingerprint density at radius 2 is 2.12 bits per heavy atom. The van der Waals surface area contributed by atoms with Crippen LogP contribution in [0.4, 0.5) is 0 Å². The third-order valence-electron chi connectivity index (χ3n) is 2.80. The molecule has 0 radical (unpaired) electrons. The van der Waals surface area contributed by atoms with E-state index in [9.17, 15) is 8.42 Å². The second-order valence-electron chi connectivity index (χ2n) is 4.15. The molecule has 0 spiro atoms. The van der Waals surface area contributed by atoms with Gasteiger partial charge in [-0.2, -0.15) is 28.8 Å². The molecule has 1 rings (SSSR count). The lowest BCUT2D eigenvalue weighted by Gasteiger charge is -2.26. The second kappa shape index (κ2) is 7.58. The molecular weight excluding hydrogens is 258 g/mol. The van der Waals surface area contributed by atoms with E-state index in [1.807, 2.05) is 18.8 Å². The van der Waals surface area contributed by atoms with Gasteiger partial charge in [0.2, 0.25) is 0 Å². The Hall–Kier alpha value is 0.180. The van der Waals surface area contributed by atoms with Gasteiger partial charge in [-0.05, 0) is 32.2 Å². The SMILES string of the molecule is CNCCCN(C)S(=O)(=O)N1CCCSCC1.